The fraction of sp³-hybridized carbons (Fsp3) is 1.00. The summed E-state index contributed by atoms with van der Waals surface area (Å²) in [5.74, 6) is 0. The molecule has 9 heavy (non-hydrogen) atoms. The Balaban J connectivity index is 2.04. The third-order valence-electron chi connectivity index (χ3n) is 1.08. The van der Waals surface area contributed by atoms with Gasteiger partial charge in [-0.15, -0.1) is 0 Å². The van der Waals surface area contributed by atoms with E-state index in [1.807, 2.05) is 0 Å². The van der Waals surface area contributed by atoms with E-state index in [1.165, 1.54) is 0 Å². The molecule has 0 aliphatic carbocycles. The first-order valence-electron chi connectivity index (χ1n) is 2.82. The van der Waals surface area contributed by atoms with Crippen molar-refractivity contribution in [1.82, 2.24) is 0 Å². The van der Waals surface area contributed by atoms with E-state index < -0.39 is 14.2 Å². The molecule has 2 aliphatic heterocycles. The Bertz CT molecular complexity index is 87.6. The molecule has 0 saturated carbocycles. The Hall–Kier alpha value is 0.359. The summed E-state index contributed by atoms with van der Waals surface area (Å²) in [6.07, 6.45) is 0. The molecule has 0 amide bonds. The van der Waals surface area contributed by atoms with Crippen molar-refractivity contribution in [3.05, 3.63) is 0 Å². The van der Waals surface area contributed by atoms with E-state index >= 15 is 0 Å². The van der Waals surface area contributed by atoms with Crippen molar-refractivity contribution in [2.45, 2.75) is 0 Å². The van der Waals surface area contributed by atoms with E-state index in [1.54, 1.807) is 0 Å². The van der Waals surface area contributed by atoms with E-state index in [4.69, 9.17) is 15.3 Å². The van der Waals surface area contributed by atoms with E-state index in [0.29, 0.717) is 26.4 Å². The molecule has 0 unspecified atom stereocenters. The summed E-state index contributed by atoms with van der Waals surface area (Å²) >= 11 is -2.64. The van der Waals surface area contributed by atoms with Crippen molar-refractivity contribution in [2.24, 2.45) is 0 Å². The molecule has 4 nitrogen and oxygen atoms in total. The predicted molar refractivity (Wildman–Crippen MR) is 29.6 cm³/mol. The molecule has 0 N–H and O–H groups in total. The summed E-state index contributed by atoms with van der Waals surface area (Å²) in [5, 5.41) is 0. The van der Waals surface area contributed by atoms with Crippen LogP contribution in [0, 0.1) is 0 Å². The van der Waals surface area contributed by atoms with E-state index in [9.17, 15) is 0 Å². The van der Waals surface area contributed by atoms with E-state index in [0.717, 1.165) is 0 Å². The molecular formula is C4H8O4Se. The van der Waals surface area contributed by atoms with Crippen LogP contribution in [0.4, 0.5) is 0 Å². The second-order valence-electron chi connectivity index (χ2n) is 1.70. The summed E-state index contributed by atoms with van der Waals surface area (Å²) in [4.78, 5) is 0. The first-order valence-corrected chi connectivity index (χ1v) is 5.62. The van der Waals surface area contributed by atoms with Crippen molar-refractivity contribution in [2.75, 3.05) is 26.4 Å². The van der Waals surface area contributed by atoms with E-state index in [2.05, 4.69) is 0 Å². The van der Waals surface area contributed by atoms with Crippen LogP contribution < -0.4 is 0 Å². The van der Waals surface area contributed by atoms with Gasteiger partial charge in [0.25, 0.3) is 0 Å². The van der Waals surface area contributed by atoms with Gasteiger partial charge < -0.3 is 0 Å². The zero-order chi connectivity index (χ0) is 6.16. The van der Waals surface area contributed by atoms with E-state index in [-0.39, 0.29) is 0 Å². The Kier molecular flexibility index (Phi) is 1.49. The minimum atomic E-state index is -2.64. The SMILES string of the molecule is C1CO[Se]2(O1)OCCO2. The summed E-state index contributed by atoms with van der Waals surface area (Å²) < 4.78 is 20.8. The Labute approximate surface area is 56.6 Å². The van der Waals surface area contributed by atoms with Crippen LogP contribution in [-0.4, -0.2) is 40.6 Å². The molecule has 0 aromatic heterocycles. The molecule has 2 aliphatic rings. The van der Waals surface area contributed by atoms with Crippen LogP contribution in [0.25, 0.3) is 0 Å². The third kappa shape index (κ3) is 1.00. The molecule has 2 rings (SSSR count). The van der Waals surface area contributed by atoms with Crippen molar-refractivity contribution < 1.29 is 15.3 Å². The van der Waals surface area contributed by atoms with Crippen LogP contribution in [0.2, 0.25) is 0 Å². The predicted octanol–water partition coefficient (Wildman–Crippen LogP) is -0.484. The quantitative estimate of drug-likeness (QED) is 0.493. The van der Waals surface area contributed by atoms with Crippen LogP contribution in [0.5, 0.6) is 0 Å². The summed E-state index contributed by atoms with van der Waals surface area (Å²) in [5.41, 5.74) is 0. The Morgan fingerprint density at radius 3 is 1.33 bits per heavy atom. The molecule has 0 aromatic carbocycles. The number of hydrogen-bond acceptors (Lipinski definition) is 4. The van der Waals surface area contributed by atoms with Gasteiger partial charge in [0.15, 0.2) is 0 Å². The van der Waals surface area contributed by atoms with Crippen LogP contribution in [0.3, 0.4) is 0 Å². The van der Waals surface area contributed by atoms with Gasteiger partial charge in [0, 0.05) is 0 Å². The molecule has 2 heterocycles. The van der Waals surface area contributed by atoms with Crippen molar-refractivity contribution in [1.29, 1.82) is 0 Å². The van der Waals surface area contributed by atoms with Gasteiger partial charge in [-0.3, -0.25) is 0 Å². The second-order valence-corrected chi connectivity index (χ2v) is 5.39. The first-order chi connectivity index (χ1) is 4.41. The van der Waals surface area contributed by atoms with Gasteiger partial charge in [-0.25, -0.2) is 0 Å². The van der Waals surface area contributed by atoms with Gasteiger partial charge >= 0.3 is 55.9 Å². The standard InChI is InChI=1S/C4H8O4Se/c1-2-6-9(5-1)7-3-4-8-9/h1-4H2. The maximum atomic E-state index is 5.19. The van der Waals surface area contributed by atoms with Gasteiger partial charge in [-0.1, -0.05) is 0 Å². The molecule has 5 heteroatoms. The Morgan fingerprint density at radius 2 is 1.00 bits per heavy atom. The molecule has 2 saturated heterocycles. The van der Waals surface area contributed by atoms with Gasteiger partial charge in [-0.2, -0.15) is 0 Å². The summed E-state index contributed by atoms with van der Waals surface area (Å²) in [6.45, 7) is 2.50. The zero-order valence-electron chi connectivity index (χ0n) is 4.87. The minimum absolute atomic E-state index is 0.625. The topological polar surface area (TPSA) is 36.9 Å². The normalized spacial score (nSPS) is 35.6. The number of hydrogen-bond donors (Lipinski definition) is 0. The fourth-order valence-corrected chi connectivity index (χ4v) is 3.89. The molecule has 2 fully saturated rings. The maximum absolute atomic E-state index is 5.19. The Morgan fingerprint density at radius 1 is 0.667 bits per heavy atom. The van der Waals surface area contributed by atoms with Crippen LogP contribution >= 0.6 is 0 Å². The molecule has 0 atom stereocenters. The van der Waals surface area contributed by atoms with Crippen LogP contribution in [0.15, 0.2) is 0 Å². The third-order valence-corrected chi connectivity index (χ3v) is 4.90. The van der Waals surface area contributed by atoms with Gasteiger partial charge in [0.2, 0.25) is 0 Å². The molecule has 0 bridgehead atoms. The van der Waals surface area contributed by atoms with Gasteiger partial charge in [-0.05, 0) is 0 Å². The summed E-state index contributed by atoms with van der Waals surface area (Å²) in [7, 11) is 0. The van der Waals surface area contributed by atoms with Gasteiger partial charge in [0.1, 0.15) is 0 Å². The molecule has 0 aromatic rings. The molecule has 54 valence electrons. The zero-order valence-corrected chi connectivity index (χ0v) is 6.58. The van der Waals surface area contributed by atoms with Crippen molar-refractivity contribution in [3.8, 4) is 0 Å². The monoisotopic (exact) mass is 200 g/mol. The second kappa shape index (κ2) is 2.20. The summed E-state index contributed by atoms with van der Waals surface area (Å²) in [6, 6.07) is 0. The average molecular weight is 199 g/mol. The molecule has 0 radical (unpaired) electrons. The van der Waals surface area contributed by atoms with Crippen LogP contribution in [-0.2, 0) is 15.3 Å². The van der Waals surface area contributed by atoms with Gasteiger partial charge in [0.05, 0.1) is 0 Å². The number of rotatable bonds is 0. The molecule has 1 spiro atoms. The van der Waals surface area contributed by atoms with Crippen molar-refractivity contribution in [3.63, 3.8) is 0 Å². The van der Waals surface area contributed by atoms with Crippen molar-refractivity contribution >= 4 is 14.2 Å². The average Bonchev–Trinajstić information content (AvgIpc) is 2.45. The fourth-order valence-electron chi connectivity index (χ4n) is 0.748. The molecular weight excluding hydrogens is 191 g/mol. The van der Waals surface area contributed by atoms with Crippen LogP contribution in [0.1, 0.15) is 0 Å². The first kappa shape index (κ1) is 6.09.